The van der Waals surface area contributed by atoms with E-state index >= 15 is 0 Å². The summed E-state index contributed by atoms with van der Waals surface area (Å²) in [6, 6.07) is 2.07. The molecule has 1 aliphatic rings. The molecule has 0 aliphatic heterocycles. The van der Waals surface area contributed by atoms with Crippen LogP contribution in [0.5, 0.6) is 0 Å². The Morgan fingerprint density at radius 3 is 2.62 bits per heavy atom. The Kier molecular flexibility index (Phi) is 3.83. The molecule has 0 amide bonds. The Morgan fingerprint density at radius 1 is 1.25 bits per heavy atom. The van der Waals surface area contributed by atoms with Gasteiger partial charge in [-0.05, 0) is 31.2 Å². The van der Waals surface area contributed by atoms with Gasteiger partial charge in [-0.2, -0.15) is 0 Å². The lowest BCUT2D eigenvalue weighted by Crippen LogP contribution is -2.16. The maximum absolute atomic E-state index is 6.05. The highest BCUT2D eigenvalue weighted by atomic mass is 35.5. The number of rotatable bonds is 2. The Morgan fingerprint density at radius 2 is 2.00 bits per heavy atom. The van der Waals surface area contributed by atoms with Gasteiger partial charge in [0, 0.05) is 6.04 Å². The van der Waals surface area contributed by atoms with E-state index < -0.39 is 0 Å². The molecule has 0 radical (unpaired) electrons. The van der Waals surface area contributed by atoms with Crippen LogP contribution in [0.1, 0.15) is 26.2 Å². The molecular weight excluding hydrogens is 266 g/mol. The maximum Gasteiger partial charge on any atom is 0.150 e. The highest BCUT2D eigenvalue weighted by Gasteiger charge is 2.22. The van der Waals surface area contributed by atoms with Crippen molar-refractivity contribution < 1.29 is 0 Å². The third-order valence-corrected chi connectivity index (χ3v) is 3.88. The van der Waals surface area contributed by atoms with Crippen molar-refractivity contribution in [3.05, 3.63) is 21.3 Å². The number of anilines is 1. The molecule has 16 heavy (non-hydrogen) atoms. The van der Waals surface area contributed by atoms with E-state index in [4.69, 9.17) is 34.8 Å². The molecule has 1 aromatic heterocycles. The monoisotopic (exact) mass is 278 g/mol. The van der Waals surface area contributed by atoms with Gasteiger partial charge in [-0.3, -0.25) is 0 Å². The topological polar surface area (TPSA) is 24.9 Å². The molecule has 2 nitrogen and oxygen atoms in total. The van der Waals surface area contributed by atoms with Crippen molar-refractivity contribution in [1.82, 2.24) is 4.98 Å². The lowest BCUT2D eigenvalue weighted by Gasteiger charge is -2.14. The molecule has 2 unspecified atom stereocenters. The number of hydrogen-bond donors (Lipinski definition) is 1. The van der Waals surface area contributed by atoms with E-state index in [0.29, 0.717) is 27.1 Å². The average Bonchev–Trinajstić information content (AvgIpc) is 2.60. The maximum atomic E-state index is 6.05. The summed E-state index contributed by atoms with van der Waals surface area (Å²) >= 11 is 17.7. The lowest BCUT2D eigenvalue weighted by atomic mass is 10.1. The van der Waals surface area contributed by atoms with Crippen molar-refractivity contribution in [2.45, 2.75) is 32.2 Å². The first-order chi connectivity index (χ1) is 7.56. The summed E-state index contributed by atoms with van der Waals surface area (Å²) in [6.07, 6.45) is 3.55. The molecule has 1 saturated carbocycles. The normalized spacial score (nSPS) is 24.8. The van der Waals surface area contributed by atoms with Gasteiger partial charge in [0.2, 0.25) is 0 Å². The molecule has 88 valence electrons. The van der Waals surface area contributed by atoms with E-state index in [1.165, 1.54) is 6.42 Å². The molecule has 1 aromatic rings. The molecule has 1 heterocycles. The highest BCUT2D eigenvalue weighted by molar-refractivity contribution is 6.42. The second kappa shape index (κ2) is 4.99. The number of pyridine rings is 1. The zero-order chi connectivity index (χ0) is 11.7. The predicted molar refractivity (Wildman–Crippen MR) is 69.7 cm³/mol. The number of hydrogen-bond acceptors (Lipinski definition) is 2. The molecule has 0 saturated heterocycles. The summed E-state index contributed by atoms with van der Waals surface area (Å²) in [4.78, 5) is 4.15. The Labute approximate surface area is 110 Å². The van der Waals surface area contributed by atoms with Crippen LogP contribution >= 0.6 is 34.8 Å². The lowest BCUT2D eigenvalue weighted by molar-refractivity contribution is 0.602. The first kappa shape index (κ1) is 12.3. The molecule has 2 rings (SSSR count). The summed E-state index contributed by atoms with van der Waals surface area (Å²) in [5.74, 6) is 1.40. The minimum atomic E-state index is 0.291. The smallest absolute Gasteiger partial charge is 0.150 e. The Balaban J connectivity index is 2.12. The molecule has 1 N–H and O–H groups in total. The number of nitrogens with zero attached hydrogens (tertiary/aromatic N) is 1. The van der Waals surface area contributed by atoms with Gasteiger partial charge >= 0.3 is 0 Å². The molecule has 2 atom stereocenters. The highest BCUT2D eigenvalue weighted by Crippen LogP contribution is 2.32. The van der Waals surface area contributed by atoms with E-state index in [9.17, 15) is 0 Å². The summed E-state index contributed by atoms with van der Waals surface area (Å²) in [5.41, 5.74) is 0. The van der Waals surface area contributed by atoms with Crippen LogP contribution in [0.3, 0.4) is 0 Å². The van der Waals surface area contributed by atoms with Gasteiger partial charge in [-0.15, -0.1) is 0 Å². The average molecular weight is 280 g/mol. The molecule has 0 spiro atoms. The summed E-state index contributed by atoms with van der Waals surface area (Å²) in [5, 5.41) is 4.52. The third-order valence-electron chi connectivity index (χ3n) is 2.92. The van der Waals surface area contributed by atoms with Gasteiger partial charge in [-0.25, -0.2) is 4.98 Å². The second-order valence-electron chi connectivity index (χ2n) is 4.35. The Hall–Kier alpha value is -0.180. The molecule has 1 fully saturated rings. The van der Waals surface area contributed by atoms with Crippen LogP contribution in [0.25, 0.3) is 0 Å². The van der Waals surface area contributed by atoms with Crippen molar-refractivity contribution in [3.63, 3.8) is 0 Å². The van der Waals surface area contributed by atoms with Crippen LogP contribution in [0, 0.1) is 5.92 Å². The fourth-order valence-corrected chi connectivity index (χ4v) is 2.63. The first-order valence-corrected chi connectivity index (χ1v) is 6.47. The zero-order valence-corrected chi connectivity index (χ0v) is 11.2. The molecule has 0 aromatic carbocycles. The van der Waals surface area contributed by atoms with Gasteiger partial charge in [0.15, 0.2) is 0 Å². The van der Waals surface area contributed by atoms with E-state index in [1.807, 2.05) is 0 Å². The molecule has 1 aliphatic carbocycles. The van der Waals surface area contributed by atoms with Crippen molar-refractivity contribution >= 4 is 40.6 Å². The quantitative estimate of drug-likeness (QED) is 0.798. The minimum absolute atomic E-state index is 0.291. The van der Waals surface area contributed by atoms with Gasteiger partial charge in [0.1, 0.15) is 11.0 Å². The number of nitrogens with one attached hydrogen (secondary N) is 1. The number of halogens is 3. The van der Waals surface area contributed by atoms with E-state index in [0.717, 1.165) is 18.8 Å². The third kappa shape index (κ3) is 2.73. The van der Waals surface area contributed by atoms with Crippen molar-refractivity contribution in [2.75, 3.05) is 5.32 Å². The molecular formula is C11H13Cl3N2. The zero-order valence-electron chi connectivity index (χ0n) is 8.93. The van der Waals surface area contributed by atoms with Crippen LogP contribution in [-0.2, 0) is 0 Å². The van der Waals surface area contributed by atoms with E-state index in [1.54, 1.807) is 6.07 Å². The van der Waals surface area contributed by atoms with Crippen LogP contribution in [0.15, 0.2) is 6.07 Å². The van der Waals surface area contributed by atoms with Crippen molar-refractivity contribution in [1.29, 1.82) is 0 Å². The van der Waals surface area contributed by atoms with Crippen molar-refractivity contribution in [2.24, 2.45) is 5.92 Å². The predicted octanol–water partition coefficient (Wildman–Crippen LogP) is 4.64. The molecule has 5 heteroatoms. The first-order valence-electron chi connectivity index (χ1n) is 5.34. The van der Waals surface area contributed by atoms with Crippen LogP contribution < -0.4 is 5.32 Å². The van der Waals surface area contributed by atoms with Gasteiger partial charge in [0.25, 0.3) is 0 Å². The minimum Gasteiger partial charge on any atom is -0.366 e. The fraction of sp³-hybridized carbons (Fsp3) is 0.545. The van der Waals surface area contributed by atoms with Crippen LogP contribution in [-0.4, -0.2) is 11.0 Å². The second-order valence-corrected chi connectivity index (χ2v) is 5.52. The number of aromatic nitrogens is 1. The Bertz CT molecular complexity index is 395. The standard InChI is InChI=1S/C11H13Cl3N2/c1-6-2-3-7(4-6)15-11-9(13)5-8(12)10(14)16-11/h5-7H,2-4H2,1H3,(H,15,16). The van der Waals surface area contributed by atoms with Gasteiger partial charge < -0.3 is 5.32 Å². The summed E-state index contributed by atoms with van der Waals surface area (Å²) < 4.78 is 0. The summed E-state index contributed by atoms with van der Waals surface area (Å²) in [6.45, 7) is 2.26. The summed E-state index contributed by atoms with van der Waals surface area (Å²) in [7, 11) is 0. The molecule has 0 bridgehead atoms. The van der Waals surface area contributed by atoms with E-state index in [2.05, 4.69) is 17.2 Å². The van der Waals surface area contributed by atoms with Crippen LogP contribution in [0.2, 0.25) is 15.2 Å². The van der Waals surface area contributed by atoms with Gasteiger partial charge in [-0.1, -0.05) is 41.7 Å². The van der Waals surface area contributed by atoms with Gasteiger partial charge in [0.05, 0.1) is 10.0 Å². The fourth-order valence-electron chi connectivity index (χ4n) is 2.08. The largest absolute Gasteiger partial charge is 0.366 e. The van der Waals surface area contributed by atoms with Crippen molar-refractivity contribution in [3.8, 4) is 0 Å². The van der Waals surface area contributed by atoms with E-state index in [-0.39, 0.29) is 0 Å². The SMILES string of the molecule is CC1CCC(Nc2nc(Cl)c(Cl)cc2Cl)C1. The van der Waals surface area contributed by atoms with Crippen LogP contribution in [0.4, 0.5) is 5.82 Å².